The van der Waals surface area contributed by atoms with E-state index in [0.29, 0.717) is 0 Å². The van der Waals surface area contributed by atoms with E-state index >= 15 is 0 Å². The Morgan fingerprint density at radius 1 is 1.58 bits per heavy atom. The summed E-state index contributed by atoms with van der Waals surface area (Å²) in [4.78, 5) is 7.21. The van der Waals surface area contributed by atoms with Crippen molar-refractivity contribution in [3.8, 4) is 0 Å². The number of rotatable bonds is 2. The number of fused-ring (bicyclic) bond motifs is 1. The van der Waals surface area contributed by atoms with Crippen molar-refractivity contribution in [2.24, 2.45) is 0 Å². The van der Waals surface area contributed by atoms with Gasteiger partial charge in [0.2, 0.25) is 0 Å². The molecule has 1 N–H and O–H groups in total. The Morgan fingerprint density at radius 2 is 2.50 bits per heavy atom. The number of pyridine rings is 1. The first-order valence-electron chi connectivity index (χ1n) is 4.00. The van der Waals surface area contributed by atoms with Crippen LogP contribution in [0.1, 0.15) is 6.92 Å². The van der Waals surface area contributed by atoms with Gasteiger partial charge in [-0.15, -0.1) is 0 Å². The number of nitrogens with zero attached hydrogens (tertiary/aromatic N) is 2. The second-order valence-electron chi connectivity index (χ2n) is 2.59. The van der Waals surface area contributed by atoms with E-state index < -0.39 is 0 Å². The lowest BCUT2D eigenvalue weighted by Gasteiger charge is -1.90. The molecule has 0 spiro atoms. The third-order valence-corrected chi connectivity index (χ3v) is 1.74. The van der Waals surface area contributed by atoms with Gasteiger partial charge < -0.3 is 4.98 Å². The van der Waals surface area contributed by atoms with E-state index in [1.807, 2.05) is 25.3 Å². The minimum atomic E-state index is 0.806. The van der Waals surface area contributed by atoms with Crippen molar-refractivity contribution in [1.29, 1.82) is 0 Å². The van der Waals surface area contributed by atoms with Gasteiger partial charge in [0, 0.05) is 24.3 Å². The fourth-order valence-corrected chi connectivity index (χ4v) is 1.21. The molecule has 0 fully saturated rings. The molecule has 0 unspecified atom stereocenters. The zero-order valence-electron chi connectivity index (χ0n) is 6.91. The first-order chi connectivity index (χ1) is 5.90. The van der Waals surface area contributed by atoms with Crippen LogP contribution in [-0.2, 0) is 0 Å². The van der Waals surface area contributed by atoms with Crippen molar-refractivity contribution in [2.75, 3.05) is 6.54 Å². The second-order valence-corrected chi connectivity index (χ2v) is 2.59. The Morgan fingerprint density at radius 3 is 3.25 bits per heavy atom. The monoisotopic (exact) mass is 160 g/mol. The van der Waals surface area contributed by atoms with Crippen LogP contribution in [0.3, 0.4) is 0 Å². The van der Waals surface area contributed by atoms with Crippen LogP contribution in [0.2, 0.25) is 0 Å². The fraction of sp³-hybridized carbons (Fsp3) is 0.222. The Kier molecular flexibility index (Phi) is 1.70. The van der Waals surface area contributed by atoms with Crippen LogP contribution < -0.4 is 5.32 Å². The predicted molar refractivity (Wildman–Crippen MR) is 48.4 cm³/mol. The highest BCUT2D eigenvalue weighted by molar-refractivity contribution is 5.81. The molecule has 2 aromatic heterocycles. The van der Waals surface area contributed by atoms with Crippen molar-refractivity contribution in [3.63, 3.8) is 0 Å². The summed E-state index contributed by atoms with van der Waals surface area (Å²) in [5.41, 5.74) is 1.09. The SMILES string of the molecule is CC[N]c1cc2cnccc2[nH]1. The van der Waals surface area contributed by atoms with Crippen molar-refractivity contribution in [1.82, 2.24) is 15.3 Å². The maximum absolute atomic E-state index is 4.26. The lowest BCUT2D eigenvalue weighted by atomic mass is 10.3. The van der Waals surface area contributed by atoms with Gasteiger partial charge >= 0.3 is 0 Å². The minimum absolute atomic E-state index is 0.806. The number of hydrogen-bond donors (Lipinski definition) is 1. The summed E-state index contributed by atoms with van der Waals surface area (Å²) in [6.07, 6.45) is 3.61. The number of aromatic amines is 1. The van der Waals surface area contributed by atoms with Crippen LogP contribution in [0.25, 0.3) is 10.9 Å². The van der Waals surface area contributed by atoms with Gasteiger partial charge in [-0.2, -0.15) is 0 Å². The van der Waals surface area contributed by atoms with E-state index in [9.17, 15) is 0 Å². The highest BCUT2D eigenvalue weighted by atomic mass is 15.0. The zero-order chi connectivity index (χ0) is 8.39. The van der Waals surface area contributed by atoms with Crippen LogP contribution in [0.15, 0.2) is 24.5 Å². The minimum Gasteiger partial charge on any atom is -0.340 e. The van der Waals surface area contributed by atoms with Crippen molar-refractivity contribution >= 4 is 16.7 Å². The Hall–Kier alpha value is -1.51. The molecule has 2 rings (SSSR count). The van der Waals surface area contributed by atoms with Gasteiger partial charge in [0.1, 0.15) is 5.82 Å². The Balaban J connectivity index is 2.47. The summed E-state index contributed by atoms with van der Waals surface area (Å²) < 4.78 is 0. The van der Waals surface area contributed by atoms with Crippen LogP contribution in [-0.4, -0.2) is 16.5 Å². The van der Waals surface area contributed by atoms with E-state index in [0.717, 1.165) is 23.3 Å². The first-order valence-corrected chi connectivity index (χ1v) is 4.00. The topological polar surface area (TPSA) is 42.8 Å². The van der Waals surface area contributed by atoms with Crippen LogP contribution >= 0.6 is 0 Å². The smallest absolute Gasteiger partial charge is 0.126 e. The summed E-state index contributed by atoms with van der Waals surface area (Å²) in [6, 6.07) is 3.95. The molecule has 2 heterocycles. The molecule has 61 valence electrons. The largest absolute Gasteiger partial charge is 0.340 e. The highest BCUT2D eigenvalue weighted by Gasteiger charge is 1.98. The molecule has 0 saturated heterocycles. The molecule has 0 bridgehead atoms. The van der Waals surface area contributed by atoms with Crippen molar-refractivity contribution < 1.29 is 0 Å². The van der Waals surface area contributed by atoms with E-state index in [-0.39, 0.29) is 0 Å². The second kappa shape index (κ2) is 2.85. The quantitative estimate of drug-likeness (QED) is 0.715. The van der Waals surface area contributed by atoms with Gasteiger partial charge in [-0.25, -0.2) is 0 Å². The van der Waals surface area contributed by atoms with E-state index in [4.69, 9.17) is 0 Å². The number of aromatic nitrogens is 2. The lowest BCUT2D eigenvalue weighted by molar-refractivity contribution is 0.893. The predicted octanol–water partition coefficient (Wildman–Crippen LogP) is 1.82. The summed E-state index contributed by atoms with van der Waals surface area (Å²) >= 11 is 0. The normalized spacial score (nSPS) is 10.4. The summed E-state index contributed by atoms with van der Waals surface area (Å²) in [5.74, 6) is 0.931. The van der Waals surface area contributed by atoms with Gasteiger partial charge in [0.25, 0.3) is 0 Å². The van der Waals surface area contributed by atoms with Crippen molar-refractivity contribution in [3.05, 3.63) is 24.5 Å². The highest BCUT2D eigenvalue weighted by Crippen LogP contribution is 2.16. The number of H-pyrrole nitrogens is 1. The molecule has 0 aliphatic rings. The molecular weight excluding hydrogens is 150 g/mol. The molecule has 3 nitrogen and oxygen atoms in total. The van der Waals surface area contributed by atoms with Gasteiger partial charge in [0.05, 0.1) is 5.52 Å². The molecule has 0 atom stereocenters. The molecule has 0 amide bonds. The van der Waals surface area contributed by atoms with Gasteiger partial charge in [-0.3, -0.25) is 10.3 Å². The summed E-state index contributed by atoms with van der Waals surface area (Å²) in [7, 11) is 0. The van der Waals surface area contributed by atoms with Gasteiger partial charge in [-0.05, 0) is 19.1 Å². The average molecular weight is 160 g/mol. The molecule has 2 aromatic rings. The van der Waals surface area contributed by atoms with Gasteiger partial charge in [-0.1, -0.05) is 0 Å². The average Bonchev–Trinajstić information content (AvgIpc) is 2.47. The summed E-state index contributed by atoms with van der Waals surface area (Å²) in [6.45, 7) is 2.82. The third kappa shape index (κ3) is 1.13. The number of nitrogens with one attached hydrogen (secondary N) is 1. The van der Waals surface area contributed by atoms with Crippen LogP contribution in [0, 0.1) is 0 Å². The maximum Gasteiger partial charge on any atom is 0.126 e. The van der Waals surface area contributed by atoms with E-state index in [1.54, 1.807) is 6.20 Å². The molecular formula is C9H10N3. The molecule has 0 aliphatic heterocycles. The first kappa shape index (κ1) is 7.16. The maximum atomic E-state index is 4.26. The Labute approximate surface area is 70.8 Å². The summed E-state index contributed by atoms with van der Waals surface area (Å²) in [5, 5.41) is 5.38. The van der Waals surface area contributed by atoms with Crippen molar-refractivity contribution in [2.45, 2.75) is 6.92 Å². The molecule has 0 saturated carbocycles. The molecule has 0 aliphatic carbocycles. The molecule has 1 radical (unpaired) electrons. The van der Waals surface area contributed by atoms with Gasteiger partial charge in [0.15, 0.2) is 0 Å². The lowest BCUT2D eigenvalue weighted by Crippen LogP contribution is -1.93. The van der Waals surface area contributed by atoms with E-state index in [2.05, 4.69) is 15.3 Å². The zero-order valence-corrected chi connectivity index (χ0v) is 6.91. The molecule has 3 heteroatoms. The number of hydrogen-bond acceptors (Lipinski definition) is 1. The molecule has 0 aromatic carbocycles. The van der Waals surface area contributed by atoms with Crippen LogP contribution in [0.4, 0.5) is 5.82 Å². The standard InChI is InChI=1S/C9H10N3/c1-2-11-9-5-7-6-10-4-3-8(7)12-9/h3-6,12H,2H2,1H3. The third-order valence-electron chi connectivity index (χ3n) is 1.74. The Bertz CT molecular complexity index is 345. The molecule has 12 heavy (non-hydrogen) atoms. The fourth-order valence-electron chi connectivity index (χ4n) is 1.21. The van der Waals surface area contributed by atoms with Crippen LogP contribution in [0.5, 0.6) is 0 Å². The van der Waals surface area contributed by atoms with E-state index in [1.165, 1.54) is 0 Å².